The fourth-order valence-corrected chi connectivity index (χ4v) is 1.99. The first-order valence-electron chi connectivity index (χ1n) is 7.95. The average molecular weight is 298 g/mol. The molecule has 2 heterocycles. The number of aromatic nitrogens is 4. The molecule has 4 nitrogen and oxygen atoms in total. The molecule has 4 heteroatoms. The van der Waals surface area contributed by atoms with Gasteiger partial charge in [0.2, 0.25) is 0 Å². The molecule has 0 radical (unpaired) electrons. The van der Waals surface area contributed by atoms with Crippen molar-refractivity contribution >= 4 is 0 Å². The summed E-state index contributed by atoms with van der Waals surface area (Å²) in [5.74, 6) is 1.16. The van der Waals surface area contributed by atoms with Crippen molar-refractivity contribution in [3.8, 4) is 11.6 Å². The SMILES string of the molecule is CCC(C)(C)c1cnc(-c2ncc(C(C)(C)CC)cn2)nc1. The largest absolute Gasteiger partial charge is 0.233 e. The van der Waals surface area contributed by atoms with E-state index in [1.807, 2.05) is 24.8 Å². The molecule has 2 aromatic heterocycles. The highest BCUT2D eigenvalue weighted by atomic mass is 15.0. The molecular formula is C18H26N4. The summed E-state index contributed by atoms with van der Waals surface area (Å²) in [5.41, 5.74) is 2.47. The highest BCUT2D eigenvalue weighted by Crippen LogP contribution is 2.27. The zero-order valence-electron chi connectivity index (χ0n) is 14.5. The van der Waals surface area contributed by atoms with Crippen LogP contribution in [0.25, 0.3) is 11.6 Å². The van der Waals surface area contributed by atoms with E-state index in [0.717, 1.165) is 24.0 Å². The predicted molar refractivity (Wildman–Crippen MR) is 89.7 cm³/mol. The molecule has 0 saturated carbocycles. The van der Waals surface area contributed by atoms with E-state index in [1.54, 1.807) is 0 Å². The zero-order chi connectivity index (χ0) is 16.4. The Hall–Kier alpha value is -1.84. The van der Waals surface area contributed by atoms with Gasteiger partial charge in [0.15, 0.2) is 11.6 Å². The van der Waals surface area contributed by atoms with Gasteiger partial charge in [0.25, 0.3) is 0 Å². The molecule has 2 aromatic rings. The van der Waals surface area contributed by atoms with Crippen LogP contribution in [-0.2, 0) is 10.8 Å². The van der Waals surface area contributed by atoms with E-state index in [1.165, 1.54) is 0 Å². The monoisotopic (exact) mass is 298 g/mol. The standard InChI is InChI=1S/C18H26N4/c1-7-17(3,4)13-9-19-15(20-10-13)16-21-11-14(12-22-16)18(5,6)8-2/h9-12H,7-8H2,1-6H3. The molecule has 0 aliphatic heterocycles. The number of hydrogen-bond donors (Lipinski definition) is 0. The number of rotatable bonds is 5. The van der Waals surface area contributed by atoms with Gasteiger partial charge in [-0.25, -0.2) is 19.9 Å². The highest BCUT2D eigenvalue weighted by molar-refractivity contribution is 5.43. The molecule has 0 fully saturated rings. The molecule has 0 aliphatic rings. The maximum absolute atomic E-state index is 4.44. The van der Waals surface area contributed by atoms with Crippen LogP contribution in [0, 0.1) is 0 Å². The maximum Gasteiger partial charge on any atom is 0.197 e. The third-order valence-electron chi connectivity index (χ3n) is 4.83. The Balaban J connectivity index is 2.26. The van der Waals surface area contributed by atoms with Crippen LogP contribution in [0.3, 0.4) is 0 Å². The second-order valence-corrected chi connectivity index (χ2v) is 7.07. The van der Waals surface area contributed by atoms with Crippen molar-refractivity contribution in [3.63, 3.8) is 0 Å². The molecule has 0 unspecified atom stereocenters. The Labute approximate surface area is 133 Å². The number of hydrogen-bond acceptors (Lipinski definition) is 4. The van der Waals surface area contributed by atoms with Gasteiger partial charge < -0.3 is 0 Å². The van der Waals surface area contributed by atoms with Crippen molar-refractivity contribution in [2.45, 2.75) is 65.2 Å². The second-order valence-electron chi connectivity index (χ2n) is 7.07. The normalized spacial score (nSPS) is 12.5. The highest BCUT2D eigenvalue weighted by Gasteiger charge is 2.21. The van der Waals surface area contributed by atoms with Gasteiger partial charge in [0.05, 0.1) is 0 Å². The summed E-state index contributed by atoms with van der Waals surface area (Å²) in [6, 6.07) is 0. The zero-order valence-corrected chi connectivity index (χ0v) is 14.5. The molecule has 0 atom stereocenters. The van der Waals surface area contributed by atoms with Crippen LogP contribution >= 0.6 is 0 Å². The van der Waals surface area contributed by atoms with Gasteiger partial charge in [-0.3, -0.25) is 0 Å². The minimum Gasteiger partial charge on any atom is -0.233 e. The summed E-state index contributed by atoms with van der Waals surface area (Å²) in [6.45, 7) is 13.1. The van der Waals surface area contributed by atoms with Crippen molar-refractivity contribution in [3.05, 3.63) is 35.9 Å². The van der Waals surface area contributed by atoms with E-state index in [2.05, 4.69) is 61.5 Å². The third kappa shape index (κ3) is 3.32. The lowest BCUT2D eigenvalue weighted by Gasteiger charge is -2.22. The molecule has 0 bridgehead atoms. The average Bonchev–Trinajstić information content (AvgIpc) is 2.55. The van der Waals surface area contributed by atoms with E-state index < -0.39 is 0 Å². The second kappa shape index (κ2) is 6.11. The molecule has 0 N–H and O–H groups in total. The molecule has 0 aliphatic carbocycles. The van der Waals surface area contributed by atoms with Crippen LogP contribution in [0.2, 0.25) is 0 Å². The minimum absolute atomic E-state index is 0.0917. The quantitative estimate of drug-likeness (QED) is 0.825. The Bertz CT molecular complexity index is 555. The lowest BCUT2D eigenvalue weighted by atomic mass is 9.84. The van der Waals surface area contributed by atoms with Crippen molar-refractivity contribution in [1.29, 1.82) is 0 Å². The first-order chi connectivity index (χ1) is 10.3. The van der Waals surface area contributed by atoms with Gasteiger partial charge in [-0.05, 0) is 34.8 Å². The lowest BCUT2D eigenvalue weighted by Crippen LogP contribution is -2.17. The molecule has 0 aromatic carbocycles. The van der Waals surface area contributed by atoms with Crippen LogP contribution in [0.4, 0.5) is 0 Å². The van der Waals surface area contributed by atoms with Crippen LogP contribution in [-0.4, -0.2) is 19.9 Å². The molecule has 118 valence electrons. The Morgan fingerprint density at radius 3 is 1.14 bits per heavy atom. The molecule has 22 heavy (non-hydrogen) atoms. The fraction of sp³-hybridized carbons (Fsp3) is 0.556. The first kappa shape index (κ1) is 16.5. The van der Waals surface area contributed by atoms with E-state index >= 15 is 0 Å². The van der Waals surface area contributed by atoms with Crippen molar-refractivity contribution in [2.75, 3.05) is 0 Å². The van der Waals surface area contributed by atoms with Gasteiger partial charge in [0.1, 0.15) is 0 Å². The van der Waals surface area contributed by atoms with Gasteiger partial charge >= 0.3 is 0 Å². The van der Waals surface area contributed by atoms with E-state index in [4.69, 9.17) is 0 Å². The van der Waals surface area contributed by atoms with Crippen molar-refractivity contribution in [1.82, 2.24) is 19.9 Å². The topological polar surface area (TPSA) is 51.6 Å². The molecule has 2 rings (SSSR count). The van der Waals surface area contributed by atoms with E-state index in [9.17, 15) is 0 Å². The summed E-state index contributed by atoms with van der Waals surface area (Å²) in [5, 5.41) is 0. The van der Waals surface area contributed by atoms with E-state index in [0.29, 0.717) is 11.6 Å². The predicted octanol–water partition coefficient (Wildman–Crippen LogP) is 4.31. The molecular weight excluding hydrogens is 272 g/mol. The van der Waals surface area contributed by atoms with Gasteiger partial charge in [0, 0.05) is 24.8 Å². The Morgan fingerprint density at radius 1 is 0.636 bits per heavy atom. The summed E-state index contributed by atoms with van der Waals surface area (Å²) >= 11 is 0. The third-order valence-corrected chi connectivity index (χ3v) is 4.83. The van der Waals surface area contributed by atoms with Crippen LogP contribution < -0.4 is 0 Å². The summed E-state index contributed by atoms with van der Waals surface area (Å²) in [4.78, 5) is 17.8. The minimum atomic E-state index is 0.0917. The van der Waals surface area contributed by atoms with Crippen LogP contribution in [0.1, 0.15) is 65.5 Å². The summed E-state index contributed by atoms with van der Waals surface area (Å²) in [7, 11) is 0. The smallest absolute Gasteiger partial charge is 0.197 e. The van der Waals surface area contributed by atoms with Gasteiger partial charge in [-0.2, -0.15) is 0 Å². The summed E-state index contributed by atoms with van der Waals surface area (Å²) < 4.78 is 0. The van der Waals surface area contributed by atoms with Crippen molar-refractivity contribution < 1.29 is 0 Å². The van der Waals surface area contributed by atoms with Crippen LogP contribution in [0.5, 0.6) is 0 Å². The first-order valence-corrected chi connectivity index (χ1v) is 7.95. The van der Waals surface area contributed by atoms with Crippen LogP contribution in [0.15, 0.2) is 24.8 Å². The molecule has 0 saturated heterocycles. The van der Waals surface area contributed by atoms with Gasteiger partial charge in [-0.15, -0.1) is 0 Å². The molecule has 0 spiro atoms. The molecule has 0 amide bonds. The fourth-order valence-electron chi connectivity index (χ4n) is 1.99. The summed E-state index contributed by atoms with van der Waals surface area (Å²) in [6.07, 6.45) is 9.65. The van der Waals surface area contributed by atoms with Gasteiger partial charge in [-0.1, -0.05) is 41.5 Å². The van der Waals surface area contributed by atoms with E-state index in [-0.39, 0.29) is 10.8 Å². The lowest BCUT2D eigenvalue weighted by molar-refractivity contribution is 0.501. The number of nitrogens with zero attached hydrogens (tertiary/aromatic N) is 4. The Morgan fingerprint density at radius 2 is 0.909 bits per heavy atom. The Kier molecular flexibility index (Phi) is 4.59. The van der Waals surface area contributed by atoms with Crippen molar-refractivity contribution in [2.24, 2.45) is 0 Å². The maximum atomic E-state index is 4.44.